The molecule has 2 aromatic carbocycles. The second-order valence-corrected chi connectivity index (χ2v) is 6.12. The molecular weight excluding hydrogens is 247 g/mol. The molecule has 3 rings (SSSR count). The fraction of sp³-hybridized carbons (Fsp3) is 0.111. The van der Waals surface area contributed by atoms with Gasteiger partial charge < -0.3 is 0 Å². The number of allylic oxidation sites excluding steroid dienone is 2. The minimum Gasteiger partial charge on any atom is -0.0823 e. The van der Waals surface area contributed by atoms with Crippen molar-refractivity contribution in [2.24, 2.45) is 0 Å². The highest BCUT2D eigenvalue weighted by molar-refractivity contribution is 7.47. The lowest BCUT2D eigenvalue weighted by atomic mass is 9.94. The van der Waals surface area contributed by atoms with E-state index in [2.05, 4.69) is 74.5 Å². The van der Waals surface area contributed by atoms with Crippen LogP contribution in [-0.2, 0) is 0 Å². The van der Waals surface area contributed by atoms with E-state index in [0.717, 1.165) is 0 Å². The van der Waals surface area contributed by atoms with Crippen molar-refractivity contribution < 1.29 is 0 Å². The topological polar surface area (TPSA) is 0 Å². The molecule has 0 nitrogen and oxygen atoms in total. The molecular formula is C18H16P. The van der Waals surface area contributed by atoms with Gasteiger partial charge in [-0.15, -0.1) is 0 Å². The number of hydrogen-bond acceptors (Lipinski definition) is 0. The number of rotatable bonds is 2. The molecule has 1 heteroatoms. The number of hydrogen-bond donors (Lipinski definition) is 0. The van der Waals surface area contributed by atoms with Gasteiger partial charge in [0.1, 0.15) is 0 Å². The summed E-state index contributed by atoms with van der Waals surface area (Å²) in [6, 6.07) is 21.4. The van der Waals surface area contributed by atoms with Crippen molar-refractivity contribution in [3.63, 3.8) is 0 Å². The molecule has 0 atom stereocenters. The van der Waals surface area contributed by atoms with Crippen LogP contribution >= 0.6 is 8.20 Å². The summed E-state index contributed by atoms with van der Waals surface area (Å²) in [6.45, 7) is 4.48. The van der Waals surface area contributed by atoms with Crippen molar-refractivity contribution in [3.8, 4) is 0 Å². The van der Waals surface area contributed by atoms with Crippen molar-refractivity contribution in [3.05, 3.63) is 83.0 Å². The first-order valence-electron chi connectivity index (χ1n) is 6.52. The molecule has 0 N–H and O–H groups in total. The van der Waals surface area contributed by atoms with Crippen LogP contribution in [0.2, 0.25) is 0 Å². The molecule has 0 saturated heterocycles. The van der Waals surface area contributed by atoms with Crippen molar-refractivity contribution in [1.29, 1.82) is 0 Å². The molecule has 0 bridgehead atoms. The zero-order chi connectivity index (χ0) is 13.2. The summed E-state index contributed by atoms with van der Waals surface area (Å²) in [7, 11) is 1.34. The van der Waals surface area contributed by atoms with E-state index in [9.17, 15) is 0 Å². The average molecular weight is 263 g/mol. The van der Waals surface area contributed by atoms with Crippen LogP contribution in [0.5, 0.6) is 0 Å². The highest BCUT2D eigenvalue weighted by Gasteiger charge is 2.24. The molecule has 1 radical (unpaired) electrons. The summed E-state index contributed by atoms with van der Waals surface area (Å²) in [5, 5.41) is 1.45. The third-order valence-electron chi connectivity index (χ3n) is 3.48. The zero-order valence-corrected chi connectivity index (χ0v) is 12.1. The van der Waals surface area contributed by atoms with Crippen LogP contribution in [0.15, 0.2) is 66.2 Å². The maximum Gasteiger partial charge on any atom is 0.0799 e. The lowest BCUT2D eigenvalue weighted by Gasteiger charge is -2.10. The highest BCUT2D eigenvalue weighted by Crippen LogP contribution is 2.45. The van der Waals surface area contributed by atoms with Gasteiger partial charge in [-0.2, -0.15) is 0 Å². The monoisotopic (exact) mass is 263 g/mol. The van der Waals surface area contributed by atoms with Gasteiger partial charge in [0.05, 0.1) is 5.66 Å². The smallest absolute Gasteiger partial charge is 0.0799 e. The fourth-order valence-electron chi connectivity index (χ4n) is 2.60. The van der Waals surface area contributed by atoms with Crippen LogP contribution in [0.3, 0.4) is 0 Å². The van der Waals surface area contributed by atoms with E-state index < -0.39 is 0 Å². The molecule has 0 aromatic heterocycles. The van der Waals surface area contributed by atoms with Gasteiger partial charge in [0.25, 0.3) is 0 Å². The van der Waals surface area contributed by atoms with E-state index in [4.69, 9.17) is 0 Å². The Labute approximate surface area is 116 Å². The molecule has 0 unspecified atom stereocenters. The molecule has 0 saturated carbocycles. The van der Waals surface area contributed by atoms with Crippen LogP contribution in [0, 0.1) is 5.66 Å². The third kappa shape index (κ3) is 2.29. The fourth-order valence-corrected chi connectivity index (χ4v) is 3.91. The van der Waals surface area contributed by atoms with E-state index in [0.29, 0.717) is 0 Å². The first-order chi connectivity index (χ1) is 9.27. The molecule has 0 spiro atoms. The molecule has 93 valence electrons. The zero-order valence-electron chi connectivity index (χ0n) is 11.2. The quantitative estimate of drug-likeness (QED) is 0.654. The molecule has 19 heavy (non-hydrogen) atoms. The minimum atomic E-state index is 1.33. The van der Waals surface area contributed by atoms with E-state index in [1.54, 1.807) is 0 Å². The van der Waals surface area contributed by atoms with E-state index >= 15 is 0 Å². The van der Waals surface area contributed by atoms with Gasteiger partial charge in [0.2, 0.25) is 0 Å². The normalized spacial score (nSPS) is 16.6. The lowest BCUT2D eigenvalue weighted by Crippen LogP contribution is -1.95. The third-order valence-corrected chi connectivity index (χ3v) is 4.86. The Balaban J connectivity index is 2.07. The highest BCUT2D eigenvalue weighted by atomic mass is 31.1. The molecule has 0 amide bonds. The molecule has 2 aromatic rings. The Kier molecular flexibility index (Phi) is 3.36. The summed E-state index contributed by atoms with van der Waals surface area (Å²) >= 11 is 0. The molecule has 0 fully saturated rings. The maximum absolute atomic E-state index is 2.24. The van der Waals surface area contributed by atoms with Crippen molar-refractivity contribution >= 4 is 19.1 Å². The minimum absolute atomic E-state index is 1.33. The Morgan fingerprint density at radius 2 is 1.21 bits per heavy atom. The first kappa shape index (κ1) is 12.4. The second kappa shape index (κ2) is 5.15. The lowest BCUT2D eigenvalue weighted by molar-refractivity contribution is 1.34. The summed E-state index contributed by atoms with van der Waals surface area (Å²) < 4.78 is 0. The van der Waals surface area contributed by atoms with E-state index in [1.165, 1.54) is 41.4 Å². The Morgan fingerprint density at radius 1 is 0.684 bits per heavy atom. The van der Waals surface area contributed by atoms with Crippen LogP contribution < -0.4 is 0 Å². The largest absolute Gasteiger partial charge is 0.0823 e. The average Bonchev–Trinajstić information content (AvgIpc) is 2.76. The molecule has 1 aliphatic rings. The van der Waals surface area contributed by atoms with Crippen LogP contribution in [-0.4, -0.2) is 5.29 Å². The van der Waals surface area contributed by atoms with Crippen molar-refractivity contribution in [2.75, 3.05) is 0 Å². The Bertz CT molecular complexity index is 636. The summed E-state index contributed by atoms with van der Waals surface area (Å²) in [5.74, 6) is 0. The van der Waals surface area contributed by atoms with Crippen LogP contribution in [0.4, 0.5) is 0 Å². The molecule has 0 aliphatic carbocycles. The Hall–Kier alpha value is -1.65. The van der Waals surface area contributed by atoms with Gasteiger partial charge in [-0.3, -0.25) is 0 Å². The van der Waals surface area contributed by atoms with Gasteiger partial charge in [0, 0.05) is 0 Å². The van der Waals surface area contributed by atoms with Gasteiger partial charge in [-0.25, -0.2) is 0 Å². The molecule has 1 aliphatic heterocycles. The van der Waals surface area contributed by atoms with Crippen LogP contribution in [0.1, 0.15) is 25.0 Å². The predicted octanol–water partition coefficient (Wildman–Crippen LogP) is 5.19. The summed E-state index contributed by atoms with van der Waals surface area (Å²) in [5.41, 5.74) is 6.94. The summed E-state index contributed by atoms with van der Waals surface area (Å²) in [4.78, 5) is 0. The van der Waals surface area contributed by atoms with Gasteiger partial charge >= 0.3 is 0 Å². The maximum atomic E-state index is 2.24. The van der Waals surface area contributed by atoms with Crippen molar-refractivity contribution in [2.45, 2.75) is 13.8 Å². The van der Waals surface area contributed by atoms with Gasteiger partial charge in [0.15, 0.2) is 0 Å². The van der Waals surface area contributed by atoms with Crippen LogP contribution in [0.25, 0.3) is 5.57 Å². The van der Waals surface area contributed by atoms with E-state index in [-0.39, 0.29) is 0 Å². The van der Waals surface area contributed by atoms with Gasteiger partial charge in [-0.05, 0) is 41.4 Å². The van der Waals surface area contributed by atoms with E-state index in [1.807, 2.05) is 0 Å². The number of benzene rings is 2. The Morgan fingerprint density at radius 3 is 1.79 bits per heavy atom. The molecule has 1 heterocycles. The standard InChI is InChI=1S/C18H16P/c1-13-17(15-9-5-3-6-10-15)14(2)19-18(13)16-11-7-4-8-12-16/h3-12H,1-2H3. The predicted molar refractivity (Wildman–Crippen MR) is 85.4 cm³/mol. The van der Waals surface area contributed by atoms with Gasteiger partial charge in [-0.1, -0.05) is 68.9 Å². The van der Waals surface area contributed by atoms with Crippen molar-refractivity contribution in [1.82, 2.24) is 0 Å². The second-order valence-electron chi connectivity index (χ2n) is 4.78. The SMILES string of the molecule is CC1=P[C](c2ccccc2)C(C)=C1c1ccccc1. The summed E-state index contributed by atoms with van der Waals surface area (Å²) in [6.07, 6.45) is 0. The first-order valence-corrected chi connectivity index (χ1v) is 7.41.